The Labute approximate surface area is 171 Å². The lowest BCUT2D eigenvalue weighted by Gasteiger charge is -2.35. The van der Waals surface area contributed by atoms with E-state index in [-0.39, 0.29) is 24.9 Å². The van der Waals surface area contributed by atoms with Gasteiger partial charge in [0.05, 0.1) is 6.61 Å². The van der Waals surface area contributed by atoms with Gasteiger partial charge in [-0.25, -0.2) is 4.39 Å². The van der Waals surface area contributed by atoms with Gasteiger partial charge in [0, 0.05) is 30.8 Å². The summed E-state index contributed by atoms with van der Waals surface area (Å²) in [5.74, 6) is 0.109. The fourth-order valence-corrected chi connectivity index (χ4v) is 3.76. The second kappa shape index (κ2) is 11.1. The minimum Gasteiger partial charge on any atom is -0.365 e. The molecule has 0 aliphatic carbocycles. The van der Waals surface area contributed by atoms with Gasteiger partial charge < -0.3 is 19.5 Å². The largest absolute Gasteiger partial charge is 0.365 e. The second-order valence-corrected chi connectivity index (χ2v) is 7.48. The number of ether oxygens (including phenoxy) is 1. The number of carbonyl (C=O) groups is 1. The van der Waals surface area contributed by atoms with Crippen molar-refractivity contribution >= 4 is 5.91 Å². The van der Waals surface area contributed by atoms with Crippen molar-refractivity contribution in [1.82, 2.24) is 15.4 Å². The molecule has 1 atom stereocenters. The molecule has 0 unspecified atom stereocenters. The summed E-state index contributed by atoms with van der Waals surface area (Å²) in [6.07, 6.45) is 6.06. The van der Waals surface area contributed by atoms with Crippen LogP contribution in [0.3, 0.4) is 0 Å². The Morgan fingerprint density at radius 3 is 2.97 bits per heavy atom. The number of piperidine rings is 1. The summed E-state index contributed by atoms with van der Waals surface area (Å²) >= 11 is 0. The minimum atomic E-state index is -0.302. The van der Waals surface area contributed by atoms with Crippen LogP contribution in [0.4, 0.5) is 4.39 Å². The summed E-state index contributed by atoms with van der Waals surface area (Å²) < 4.78 is 23.7. The molecule has 1 fully saturated rings. The summed E-state index contributed by atoms with van der Waals surface area (Å²) in [4.78, 5) is 14.5. The summed E-state index contributed by atoms with van der Waals surface area (Å²) in [6.45, 7) is 5.29. The highest BCUT2D eigenvalue weighted by atomic mass is 19.1. The van der Waals surface area contributed by atoms with E-state index in [1.165, 1.54) is 44.4 Å². The molecule has 29 heavy (non-hydrogen) atoms. The van der Waals surface area contributed by atoms with Crippen LogP contribution in [0.5, 0.6) is 0 Å². The molecule has 1 aromatic heterocycles. The number of nitrogens with zero attached hydrogens (tertiary/aromatic N) is 2. The topological polar surface area (TPSA) is 67.6 Å². The maximum Gasteiger partial charge on any atom is 0.246 e. The molecular formula is C22H30FN3O3. The highest BCUT2D eigenvalue weighted by Gasteiger charge is 2.19. The third-order valence-corrected chi connectivity index (χ3v) is 5.34. The highest BCUT2D eigenvalue weighted by Crippen LogP contribution is 2.21. The van der Waals surface area contributed by atoms with Crippen molar-refractivity contribution < 1.29 is 18.4 Å². The molecule has 1 aliphatic heterocycles. The molecule has 1 amide bonds. The second-order valence-electron chi connectivity index (χ2n) is 7.48. The standard InChI is InChI=1S/C22H30FN3O3/c1-2-20-6-3-4-12-26(20)13-5-11-24-22(27)16-28-15-19-14-21(29-25-19)17-7-9-18(23)10-8-17/h7-10,14,20H,2-6,11-13,15-16H2,1H3,(H,24,27)/t20-/m0/s1. The van der Waals surface area contributed by atoms with Crippen LogP contribution in [0.15, 0.2) is 34.9 Å². The van der Waals surface area contributed by atoms with Gasteiger partial charge in [-0.3, -0.25) is 4.79 Å². The van der Waals surface area contributed by atoms with Gasteiger partial charge in [-0.1, -0.05) is 18.5 Å². The van der Waals surface area contributed by atoms with E-state index in [1.807, 2.05) is 0 Å². The van der Waals surface area contributed by atoms with Crippen molar-refractivity contribution in [3.8, 4) is 11.3 Å². The quantitative estimate of drug-likeness (QED) is 0.612. The monoisotopic (exact) mass is 403 g/mol. The van der Waals surface area contributed by atoms with Crippen molar-refractivity contribution in [2.45, 2.75) is 51.7 Å². The first-order chi connectivity index (χ1) is 14.2. The van der Waals surface area contributed by atoms with Crippen LogP contribution < -0.4 is 5.32 Å². The van der Waals surface area contributed by atoms with Crippen LogP contribution in [-0.4, -0.2) is 48.2 Å². The summed E-state index contributed by atoms with van der Waals surface area (Å²) in [6, 6.07) is 8.41. The number of amides is 1. The number of nitrogens with one attached hydrogen (secondary N) is 1. The third-order valence-electron chi connectivity index (χ3n) is 5.34. The van der Waals surface area contributed by atoms with Gasteiger partial charge in [0.1, 0.15) is 18.1 Å². The molecule has 0 bridgehead atoms. The van der Waals surface area contributed by atoms with Gasteiger partial charge >= 0.3 is 0 Å². The first-order valence-electron chi connectivity index (χ1n) is 10.5. The van der Waals surface area contributed by atoms with Crippen molar-refractivity contribution in [2.24, 2.45) is 0 Å². The molecule has 158 valence electrons. The Morgan fingerprint density at radius 1 is 1.34 bits per heavy atom. The summed E-state index contributed by atoms with van der Waals surface area (Å²) in [5, 5.41) is 6.83. The zero-order chi connectivity index (χ0) is 20.5. The normalized spacial score (nSPS) is 17.4. The van der Waals surface area contributed by atoms with E-state index in [9.17, 15) is 9.18 Å². The van der Waals surface area contributed by atoms with E-state index in [1.54, 1.807) is 18.2 Å². The van der Waals surface area contributed by atoms with Gasteiger partial charge in [-0.15, -0.1) is 0 Å². The molecule has 0 radical (unpaired) electrons. The molecule has 2 aromatic rings. The molecule has 1 N–H and O–H groups in total. The first-order valence-corrected chi connectivity index (χ1v) is 10.5. The van der Waals surface area contributed by atoms with Crippen LogP contribution in [0, 0.1) is 5.82 Å². The lowest BCUT2D eigenvalue weighted by atomic mass is 10.00. The van der Waals surface area contributed by atoms with Crippen LogP contribution in [0.25, 0.3) is 11.3 Å². The van der Waals surface area contributed by atoms with Gasteiger partial charge in [-0.2, -0.15) is 0 Å². The molecule has 1 aliphatic rings. The van der Waals surface area contributed by atoms with E-state index in [4.69, 9.17) is 9.26 Å². The van der Waals surface area contributed by atoms with E-state index in [2.05, 4.69) is 22.3 Å². The molecule has 0 spiro atoms. The van der Waals surface area contributed by atoms with Gasteiger partial charge in [0.15, 0.2) is 5.76 Å². The average Bonchev–Trinajstić information content (AvgIpc) is 3.21. The maximum atomic E-state index is 13.0. The molecular weight excluding hydrogens is 373 g/mol. The SMILES string of the molecule is CC[C@H]1CCCCN1CCCNC(=O)COCc1cc(-c2ccc(F)cc2)on1. The van der Waals surface area contributed by atoms with Crippen molar-refractivity contribution in [3.05, 3.63) is 41.8 Å². The molecule has 1 aromatic carbocycles. The van der Waals surface area contributed by atoms with E-state index < -0.39 is 0 Å². The fourth-order valence-electron chi connectivity index (χ4n) is 3.76. The highest BCUT2D eigenvalue weighted by molar-refractivity contribution is 5.77. The van der Waals surface area contributed by atoms with Crippen LogP contribution >= 0.6 is 0 Å². The first kappa shape index (κ1) is 21.5. The van der Waals surface area contributed by atoms with Crippen molar-refractivity contribution in [1.29, 1.82) is 0 Å². The maximum absolute atomic E-state index is 13.0. The summed E-state index contributed by atoms with van der Waals surface area (Å²) in [5.41, 5.74) is 1.33. The van der Waals surface area contributed by atoms with Gasteiger partial charge in [0.2, 0.25) is 5.91 Å². The molecule has 0 saturated carbocycles. The number of benzene rings is 1. The lowest BCUT2D eigenvalue weighted by Crippen LogP contribution is -2.40. The predicted molar refractivity (Wildman–Crippen MR) is 109 cm³/mol. The van der Waals surface area contributed by atoms with Gasteiger partial charge in [-0.05, 0) is 56.5 Å². The number of carbonyl (C=O) groups excluding carboxylic acids is 1. The van der Waals surface area contributed by atoms with Crippen molar-refractivity contribution in [2.75, 3.05) is 26.2 Å². The zero-order valence-electron chi connectivity index (χ0n) is 17.0. The lowest BCUT2D eigenvalue weighted by molar-refractivity contribution is -0.126. The minimum absolute atomic E-state index is 0.0138. The smallest absolute Gasteiger partial charge is 0.246 e. The third kappa shape index (κ3) is 6.65. The van der Waals surface area contributed by atoms with Crippen LogP contribution in [0.2, 0.25) is 0 Å². The molecule has 3 rings (SSSR count). The van der Waals surface area contributed by atoms with Crippen molar-refractivity contribution in [3.63, 3.8) is 0 Å². The zero-order valence-corrected chi connectivity index (χ0v) is 17.0. The Hall–Kier alpha value is -2.25. The number of likely N-dealkylation sites (tertiary alicyclic amines) is 1. The Morgan fingerprint density at radius 2 is 2.17 bits per heavy atom. The molecule has 7 heteroatoms. The van der Waals surface area contributed by atoms with E-state index in [0.717, 1.165) is 18.5 Å². The number of aromatic nitrogens is 1. The Bertz CT molecular complexity index is 763. The Balaban J connectivity index is 1.30. The number of rotatable bonds is 10. The number of halogens is 1. The molecule has 2 heterocycles. The fraction of sp³-hybridized carbons (Fsp3) is 0.545. The van der Waals surface area contributed by atoms with E-state index >= 15 is 0 Å². The van der Waals surface area contributed by atoms with Gasteiger partial charge in [0.25, 0.3) is 0 Å². The predicted octanol–water partition coefficient (Wildman–Crippen LogP) is 3.77. The number of hydrogen-bond donors (Lipinski definition) is 1. The van der Waals surface area contributed by atoms with E-state index in [0.29, 0.717) is 24.0 Å². The number of hydrogen-bond acceptors (Lipinski definition) is 5. The average molecular weight is 403 g/mol. The summed E-state index contributed by atoms with van der Waals surface area (Å²) in [7, 11) is 0. The van der Waals surface area contributed by atoms with Crippen LogP contribution in [0.1, 0.15) is 44.7 Å². The van der Waals surface area contributed by atoms with Crippen LogP contribution in [-0.2, 0) is 16.1 Å². The Kier molecular flexibility index (Phi) is 8.19. The molecule has 1 saturated heterocycles. The molecule has 6 nitrogen and oxygen atoms in total.